The van der Waals surface area contributed by atoms with Gasteiger partial charge in [-0.05, 0) is 50.6 Å². The van der Waals surface area contributed by atoms with Gasteiger partial charge in [0.25, 0.3) is 0 Å². The van der Waals surface area contributed by atoms with Crippen LogP contribution in [-0.2, 0) is 10.0 Å². The zero-order valence-corrected chi connectivity index (χ0v) is 15.5. The highest BCUT2D eigenvalue weighted by atomic mass is 32.2. The number of anilines is 1. The summed E-state index contributed by atoms with van der Waals surface area (Å²) >= 11 is 0. The summed E-state index contributed by atoms with van der Waals surface area (Å²) in [5.41, 5.74) is 2.72. The minimum absolute atomic E-state index is 0.126. The van der Waals surface area contributed by atoms with Crippen LogP contribution in [0.25, 0.3) is 0 Å². The zero-order valence-electron chi connectivity index (χ0n) is 14.7. The van der Waals surface area contributed by atoms with Crippen molar-refractivity contribution >= 4 is 16.0 Å². The first-order valence-electron chi connectivity index (χ1n) is 7.88. The standard InChI is InChI=1S/C17H24N4O2S/c1-11(2)16-9-12(3)19-17(21-16)20-13(4)14-7-6-8-15(10-14)24(22,23)18-5/h6-11,13,18H,1-5H3,(H,19,20,21). The maximum atomic E-state index is 11.9. The van der Waals surface area contributed by atoms with Crippen molar-refractivity contribution in [1.82, 2.24) is 14.7 Å². The Morgan fingerprint density at radius 2 is 1.79 bits per heavy atom. The largest absolute Gasteiger partial charge is 0.348 e. The van der Waals surface area contributed by atoms with Crippen molar-refractivity contribution in [2.24, 2.45) is 0 Å². The van der Waals surface area contributed by atoms with Crippen molar-refractivity contribution in [3.8, 4) is 0 Å². The molecule has 2 rings (SSSR count). The van der Waals surface area contributed by atoms with Crippen LogP contribution in [0, 0.1) is 6.92 Å². The quantitative estimate of drug-likeness (QED) is 0.838. The lowest BCUT2D eigenvalue weighted by Crippen LogP contribution is -2.19. The van der Waals surface area contributed by atoms with E-state index >= 15 is 0 Å². The molecule has 0 bridgehead atoms. The third-order valence-electron chi connectivity index (χ3n) is 3.75. The van der Waals surface area contributed by atoms with E-state index in [-0.39, 0.29) is 10.9 Å². The number of nitrogens with zero attached hydrogens (tertiary/aromatic N) is 2. The van der Waals surface area contributed by atoms with Crippen LogP contribution in [0.4, 0.5) is 5.95 Å². The maximum Gasteiger partial charge on any atom is 0.240 e. The molecule has 0 saturated heterocycles. The van der Waals surface area contributed by atoms with Crippen molar-refractivity contribution in [3.63, 3.8) is 0 Å². The van der Waals surface area contributed by atoms with E-state index < -0.39 is 10.0 Å². The molecule has 2 N–H and O–H groups in total. The molecule has 0 saturated carbocycles. The summed E-state index contributed by atoms with van der Waals surface area (Å²) in [5.74, 6) is 0.861. The fraction of sp³-hybridized carbons (Fsp3) is 0.412. The summed E-state index contributed by atoms with van der Waals surface area (Å²) in [6.07, 6.45) is 0. The Morgan fingerprint density at radius 1 is 1.08 bits per heavy atom. The smallest absolute Gasteiger partial charge is 0.240 e. The maximum absolute atomic E-state index is 11.9. The van der Waals surface area contributed by atoms with Crippen LogP contribution in [0.3, 0.4) is 0 Å². The summed E-state index contributed by atoms with van der Waals surface area (Å²) < 4.78 is 26.2. The average molecular weight is 348 g/mol. The number of aryl methyl sites for hydroxylation is 1. The molecule has 2 aromatic rings. The monoisotopic (exact) mass is 348 g/mol. The van der Waals surface area contributed by atoms with Gasteiger partial charge in [0, 0.05) is 11.4 Å². The van der Waals surface area contributed by atoms with Gasteiger partial charge in [0.05, 0.1) is 10.9 Å². The molecule has 1 aromatic heterocycles. The highest BCUT2D eigenvalue weighted by Gasteiger charge is 2.15. The van der Waals surface area contributed by atoms with Gasteiger partial charge in [-0.3, -0.25) is 0 Å². The molecular weight excluding hydrogens is 324 g/mol. The average Bonchev–Trinajstić information content (AvgIpc) is 2.54. The van der Waals surface area contributed by atoms with Crippen LogP contribution in [0.1, 0.15) is 49.7 Å². The van der Waals surface area contributed by atoms with Crippen LogP contribution < -0.4 is 10.0 Å². The molecule has 0 aliphatic heterocycles. The SMILES string of the molecule is CNS(=O)(=O)c1cccc(C(C)Nc2nc(C)cc(C(C)C)n2)c1. The summed E-state index contributed by atoms with van der Waals surface area (Å²) in [7, 11) is -2.06. The van der Waals surface area contributed by atoms with Gasteiger partial charge in [0.2, 0.25) is 16.0 Å². The first kappa shape index (κ1) is 18.4. The van der Waals surface area contributed by atoms with Crippen LogP contribution >= 0.6 is 0 Å². The molecule has 6 nitrogen and oxygen atoms in total. The Morgan fingerprint density at radius 3 is 2.42 bits per heavy atom. The van der Waals surface area contributed by atoms with Crippen LogP contribution in [-0.4, -0.2) is 25.4 Å². The van der Waals surface area contributed by atoms with Gasteiger partial charge in [-0.15, -0.1) is 0 Å². The van der Waals surface area contributed by atoms with Crippen molar-refractivity contribution in [2.45, 2.75) is 44.6 Å². The number of hydrogen-bond acceptors (Lipinski definition) is 5. The number of benzene rings is 1. The van der Waals surface area contributed by atoms with Crippen molar-refractivity contribution < 1.29 is 8.42 Å². The van der Waals surface area contributed by atoms with E-state index in [0.717, 1.165) is 17.0 Å². The van der Waals surface area contributed by atoms with Gasteiger partial charge in [-0.2, -0.15) is 0 Å². The number of rotatable bonds is 6. The third kappa shape index (κ3) is 4.30. The first-order chi connectivity index (χ1) is 11.2. The van der Waals surface area contributed by atoms with Gasteiger partial charge in [0.1, 0.15) is 0 Å². The zero-order chi connectivity index (χ0) is 17.9. The predicted octanol–water partition coefficient (Wildman–Crippen LogP) is 2.99. The Balaban J connectivity index is 2.28. The first-order valence-corrected chi connectivity index (χ1v) is 9.37. The summed E-state index contributed by atoms with van der Waals surface area (Å²) in [4.78, 5) is 9.19. The predicted molar refractivity (Wildman–Crippen MR) is 95.6 cm³/mol. The van der Waals surface area contributed by atoms with Gasteiger partial charge in [0.15, 0.2) is 0 Å². The van der Waals surface area contributed by atoms with Crippen LogP contribution in [0.2, 0.25) is 0 Å². The second-order valence-corrected chi connectivity index (χ2v) is 7.95. The molecule has 1 unspecified atom stereocenters. The molecule has 0 aliphatic carbocycles. The van der Waals surface area contributed by atoms with Crippen molar-refractivity contribution in [2.75, 3.05) is 12.4 Å². The summed E-state index contributed by atoms with van der Waals surface area (Å²) in [6.45, 7) is 8.05. The van der Waals surface area contributed by atoms with Gasteiger partial charge in [-0.1, -0.05) is 26.0 Å². The molecule has 0 fully saturated rings. The molecule has 1 heterocycles. The van der Waals surface area contributed by atoms with Gasteiger partial charge >= 0.3 is 0 Å². The minimum Gasteiger partial charge on any atom is -0.348 e. The normalized spacial score (nSPS) is 13.1. The molecule has 1 atom stereocenters. The third-order valence-corrected chi connectivity index (χ3v) is 5.16. The molecule has 0 radical (unpaired) electrons. The Kier molecular flexibility index (Phi) is 5.56. The minimum atomic E-state index is -3.46. The van der Waals surface area contributed by atoms with Gasteiger partial charge < -0.3 is 5.32 Å². The van der Waals surface area contributed by atoms with E-state index in [4.69, 9.17) is 0 Å². The summed E-state index contributed by atoms with van der Waals surface area (Å²) in [6, 6.07) is 8.68. The van der Waals surface area contributed by atoms with Gasteiger partial charge in [-0.25, -0.2) is 23.1 Å². The molecule has 24 heavy (non-hydrogen) atoms. The van der Waals surface area contributed by atoms with E-state index in [0.29, 0.717) is 11.9 Å². The number of hydrogen-bond donors (Lipinski definition) is 2. The fourth-order valence-corrected chi connectivity index (χ4v) is 3.08. The summed E-state index contributed by atoms with van der Waals surface area (Å²) in [5, 5.41) is 3.25. The molecular formula is C17H24N4O2S. The molecule has 7 heteroatoms. The second kappa shape index (κ2) is 7.27. The number of aromatic nitrogens is 2. The van der Waals surface area contributed by atoms with E-state index in [1.807, 2.05) is 26.0 Å². The molecule has 1 aromatic carbocycles. The van der Waals surface area contributed by atoms with E-state index in [1.54, 1.807) is 18.2 Å². The Bertz CT molecular complexity index is 819. The molecule has 0 spiro atoms. The lowest BCUT2D eigenvalue weighted by molar-refractivity contribution is 0.588. The number of sulfonamides is 1. The molecule has 0 amide bonds. The van der Waals surface area contributed by atoms with Crippen LogP contribution in [0.15, 0.2) is 35.2 Å². The van der Waals surface area contributed by atoms with E-state index in [9.17, 15) is 8.42 Å². The van der Waals surface area contributed by atoms with Crippen LogP contribution in [0.5, 0.6) is 0 Å². The van der Waals surface area contributed by atoms with Crippen molar-refractivity contribution in [1.29, 1.82) is 0 Å². The fourth-order valence-electron chi connectivity index (χ4n) is 2.30. The number of nitrogens with one attached hydrogen (secondary N) is 2. The molecule has 130 valence electrons. The van der Waals surface area contributed by atoms with Crippen molar-refractivity contribution in [3.05, 3.63) is 47.3 Å². The highest BCUT2D eigenvalue weighted by Crippen LogP contribution is 2.21. The lowest BCUT2D eigenvalue weighted by Gasteiger charge is -2.17. The second-order valence-electron chi connectivity index (χ2n) is 6.06. The Labute approximate surface area is 143 Å². The van der Waals surface area contributed by atoms with E-state index in [2.05, 4.69) is 33.9 Å². The Hall–Kier alpha value is -1.99. The molecule has 0 aliphatic rings. The topological polar surface area (TPSA) is 84.0 Å². The van der Waals surface area contributed by atoms with E-state index in [1.165, 1.54) is 7.05 Å². The highest BCUT2D eigenvalue weighted by molar-refractivity contribution is 7.89. The lowest BCUT2D eigenvalue weighted by atomic mass is 10.1.